The molecule has 7 heteroatoms. The summed E-state index contributed by atoms with van der Waals surface area (Å²) in [6, 6.07) is 8.29. The zero-order chi connectivity index (χ0) is 13.7. The van der Waals surface area contributed by atoms with Crippen LogP contribution in [0.25, 0.3) is 0 Å². The van der Waals surface area contributed by atoms with Gasteiger partial charge in [-0.3, -0.25) is 14.7 Å². The number of hydrogen-bond donors (Lipinski definition) is 3. The molecule has 2 rings (SSSR count). The first-order valence-corrected chi connectivity index (χ1v) is 5.60. The average Bonchev–Trinajstić information content (AvgIpc) is 2.92. The molecule has 19 heavy (non-hydrogen) atoms. The number of aromatic nitrogens is 3. The average molecular weight is 260 g/mol. The van der Waals surface area contributed by atoms with Gasteiger partial charge in [0.15, 0.2) is 0 Å². The quantitative estimate of drug-likeness (QED) is 0.735. The molecule has 1 aromatic carbocycles. The van der Waals surface area contributed by atoms with E-state index in [2.05, 4.69) is 20.5 Å². The molecule has 2 aromatic rings. The molecule has 0 bridgehead atoms. The Hall–Kier alpha value is -2.70. The topological polar surface area (TPSA) is 108 Å². The Bertz CT molecular complexity index is 554. The van der Waals surface area contributed by atoms with Crippen molar-refractivity contribution in [3.05, 3.63) is 48.0 Å². The lowest BCUT2D eigenvalue weighted by Gasteiger charge is -2.16. The second kappa shape index (κ2) is 5.76. The van der Waals surface area contributed by atoms with E-state index in [9.17, 15) is 9.59 Å². The van der Waals surface area contributed by atoms with Crippen LogP contribution >= 0.6 is 0 Å². The van der Waals surface area contributed by atoms with Crippen molar-refractivity contribution in [2.45, 2.75) is 12.5 Å². The fraction of sp³-hybridized carbons (Fsp3) is 0.167. The third-order valence-electron chi connectivity index (χ3n) is 2.52. The van der Waals surface area contributed by atoms with Gasteiger partial charge in [-0.2, -0.15) is 5.10 Å². The van der Waals surface area contributed by atoms with Gasteiger partial charge in [0.2, 0.25) is 5.82 Å². The van der Waals surface area contributed by atoms with Crippen LogP contribution in [0.1, 0.15) is 28.6 Å². The number of amides is 1. The van der Waals surface area contributed by atoms with E-state index in [1.165, 1.54) is 6.33 Å². The van der Waals surface area contributed by atoms with Crippen molar-refractivity contribution in [2.75, 3.05) is 0 Å². The largest absolute Gasteiger partial charge is 0.481 e. The Kier molecular flexibility index (Phi) is 3.87. The number of nitrogens with zero attached hydrogens (tertiary/aromatic N) is 2. The van der Waals surface area contributed by atoms with Crippen LogP contribution < -0.4 is 5.32 Å². The van der Waals surface area contributed by atoms with E-state index < -0.39 is 17.9 Å². The van der Waals surface area contributed by atoms with Gasteiger partial charge in [0.25, 0.3) is 5.91 Å². The minimum atomic E-state index is -0.994. The highest BCUT2D eigenvalue weighted by molar-refractivity contribution is 5.90. The number of carboxylic acids is 1. The molecule has 98 valence electrons. The number of hydrogen-bond acceptors (Lipinski definition) is 4. The predicted octanol–water partition coefficient (Wildman–Crippen LogP) is 0.750. The van der Waals surface area contributed by atoms with Crippen LogP contribution in [-0.4, -0.2) is 32.2 Å². The summed E-state index contributed by atoms with van der Waals surface area (Å²) in [7, 11) is 0. The van der Waals surface area contributed by atoms with Crippen LogP contribution in [0.15, 0.2) is 36.7 Å². The molecular weight excluding hydrogens is 248 g/mol. The number of nitrogens with one attached hydrogen (secondary N) is 2. The van der Waals surface area contributed by atoms with E-state index in [0.717, 1.165) is 5.56 Å². The number of carbonyl (C=O) groups is 2. The molecule has 1 aromatic heterocycles. The fourth-order valence-electron chi connectivity index (χ4n) is 1.65. The van der Waals surface area contributed by atoms with Gasteiger partial charge in [-0.15, -0.1) is 0 Å². The highest BCUT2D eigenvalue weighted by Crippen LogP contribution is 2.16. The van der Waals surface area contributed by atoms with Crippen molar-refractivity contribution < 1.29 is 14.7 Å². The molecule has 0 spiro atoms. The third kappa shape index (κ3) is 3.38. The van der Waals surface area contributed by atoms with Gasteiger partial charge in [0, 0.05) is 0 Å². The number of carboxylic acid groups (broad SMARTS) is 1. The van der Waals surface area contributed by atoms with Crippen LogP contribution in [0, 0.1) is 0 Å². The SMILES string of the molecule is O=C(O)CC(NC(=O)c1ncn[nH]1)c1ccccc1. The first-order valence-electron chi connectivity index (χ1n) is 5.60. The summed E-state index contributed by atoms with van der Waals surface area (Å²) in [5.41, 5.74) is 0.720. The number of carbonyl (C=O) groups excluding carboxylic acids is 1. The third-order valence-corrected chi connectivity index (χ3v) is 2.52. The van der Waals surface area contributed by atoms with Crippen molar-refractivity contribution in [3.63, 3.8) is 0 Å². The van der Waals surface area contributed by atoms with Gasteiger partial charge in [-0.25, -0.2) is 4.98 Å². The van der Waals surface area contributed by atoms with Crippen molar-refractivity contribution in [1.82, 2.24) is 20.5 Å². The Morgan fingerprint density at radius 2 is 2.05 bits per heavy atom. The minimum Gasteiger partial charge on any atom is -0.481 e. The molecule has 0 aliphatic heterocycles. The van der Waals surface area contributed by atoms with Gasteiger partial charge >= 0.3 is 5.97 Å². The maximum Gasteiger partial charge on any atom is 0.305 e. The first kappa shape index (κ1) is 12.7. The summed E-state index contributed by atoms with van der Waals surface area (Å²) in [4.78, 5) is 26.4. The normalized spacial score (nSPS) is 11.8. The van der Waals surface area contributed by atoms with Crippen LogP contribution in [0.4, 0.5) is 0 Å². The number of H-pyrrole nitrogens is 1. The van der Waals surface area contributed by atoms with E-state index >= 15 is 0 Å². The zero-order valence-electron chi connectivity index (χ0n) is 9.91. The first-order chi connectivity index (χ1) is 9.16. The summed E-state index contributed by atoms with van der Waals surface area (Å²) in [5, 5.41) is 17.5. The van der Waals surface area contributed by atoms with E-state index in [1.54, 1.807) is 24.3 Å². The minimum absolute atomic E-state index is 0.0475. The molecule has 3 N–H and O–H groups in total. The van der Waals surface area contributed by atoms with E-state index in [4.69, 9.17) is 5.11 Å². The molecule has 0 aliphatic rings. The molecular formula is C12H12N4O3. The van der Waals surface area contributed by atoms with Crippen LogP contribution in [0.3, 0.4) is 0 Å². The second-order valence-corrected chi connectivity index (χ2v) is 3.87. The van der Waals surface area contributed by atoms with Crippen molar-refractivity contribution >= 4 is 11.9 Å². The molecule has 1 amide bonds. The maximum absolute atomic E-state index is 11.8. The molecule has 0 aliphatic carbocycles. The highest BCUT2D eigenvalue weighted by Gasteiger charge is 2.19. The Morgan fingerprint density at radius 1 is 1.32 bits per heavy atom. The van der Waals surface area contributed by atoms with E-state index in [-0.39, 0.29) is 12.2 Å². The molecule has 1 atom stereocenters. The summed E-state index contributed by atoms with van der Waals surface area (Å²) < 4.78 is 0. The monoisotopic (exact) mass is 260 g/mol. The summed E-state index contributed by atoms with van der Waals surface area (Å²) in [5.74, 6) is -1.44. The lowest BCUT2D eigenvalue weighted by Crippen LogP contribution is -2.31. The number of aliphatic carboxylic acids is 1. The van der Waals surface area contributed by atoms with Crippen molar-refractivity contribution in [1.29, 1.82) is 0 Å². The predicted molar refractivity (Wildman–Crippen MR) is 65.3 cm³/mol. The molecule has 0 saturated carbocycles. The summed E-state index contributed by atoms with van der Waals surface area (Å²) in [6.45, 7) is 0. The molecule has 7 nitrogen and oxygen atoms in total. The van der Waals surface area contributed by atoms with Gasteiger partial charge in [-0.05, 0) is 5.56 Å². The Morgan fingerprint density at radius 3 is 2.63 bits per heavy atom. The van der Waals surface area contributed by atoms with Crippen molar-refractivity contribution in [3.8, 4) is 0 Å². The lowest BCUT2D eigenvalue weighted by atomic mass is 10.0. The van der Waals surface area contributed by atoms with Crippen LogP contribution in [0.2, 0.25) is 0 Å². The number of rotatable bonds is 5. The second-order valence-electron chi connectivity index (χ2n) is 3.87. The van der Waals surface area contributed by atoms with Crippen LogP contribution in [0.5, 0.6) is 0 Å². The smallest absolute Gasteiger partial charge is 0.305 e. The maximum atomic E-state index is 11.8. The van der Waals surface area contributed by atoms with Gasteiger partial charge in [0.05, 0.1) is 12.5 Å². The highest BCUT2D eigenvalue weighted by atomic mass is 16.4. The Balaban J connectivity index is 2.15. The zero-order valence-corrected chi connectivity index (χ0v) is 9.91. The molecule has 1 heterocycles. The van der Waals surface area contributed by atoms with Gasteiger partial charge < -0.3 is 10.4 Å². The molecule has 0 radical (unpaired) electrons. The standard InChI is InChI=1S/C12H12N4O3/c17-10(18)6-9(8-4-2-1-3-5-8)15-12(19)11-13-7-14-16-11/h1-5,7,9H,6H2,(H,15,19)(H,17,18)(H,13,14,16). The molecule has 0 fully saturated rings. The number of benzene rings is 1. The molecule has 0 saturated heterocycles. The summed E-state index contributed by atoms with van der Waals surface area (Å²) >= 11 is 0. The van der Waals surface area contributed by atoms with E-state index in [0.29, 0.717) is 0 Å². The summed E-state index contributed by atoms with van der Waals surface area (Å²) in [6.07, 6.45) is 1.01. The molecule has 1 unspecified atom stereocenters. The lowest BCUT2D eigenvalue weighted by molar-refractivity contribution is -0.137. The fourth-order valence-corrected chi connectivity index (χ4v) is 1.65. The number of aromatic amines is 1. The Labute approximate surface area is 108 Å². The van der Waals surface area contributed by atoms with Gasteiger partial charge in [-0.1, -0.05) is 30.3 Å². The van der Waals surface area contributed by atoms with Crippen molar-refractivity contribution in [2.24, 2.45) is 0 Å². The van der Waals surface area contributed by atoms with Gasteiger partial charge in [0.1, 0.15) is 6.33 Å². The van der Waals surface area contributed by atoms with E-state index in [1.807, 2.05) is 6.07 Å². The van der Waals surface area contributed by atoms with Crippen LogP contribution in [-0.2, 0) is 4.79 Å².